The third kappa shape index (κ3) is 3.20. The highest BCUT2D eigenvalue weighted by atomic mass is 16.5. The minimum Gasteiger partial charge on any atom is -0.480 e. The molecule has 0 saturated heterocycles. The molecule has 0 spiro atoms. The molecule has 0 aromatic carbocycles. The number of hydrogen-bond acceptors (Lipinski definition) is 6. The molecule has 0 aliphatic carbocycles. The molecule has 0 fully saturated rings. The van der Waals surface area contributed by atoms with Gasteiger partial charge in [0, 0.05) is 0 Å². The van der Waals surface area contributed by atoms with E-state index >= 15 is 0 Å². The molecule has 0 radical (unpaired) electrons. The lowest BCUT2D eigenvalue weighted by molar-refractivity contribution is -0.141. The third-order valence-corrected chi connectivity index (χ3v) is 1.94. The van der Waals surface area contributed by atoms with Crippen LogP contribution in [0.2, 0.25) is 0 Å². The molecule has 0 unspecified atom stereocenters. The van der Waals surface area contributed by atoms with E-state index in [-0.39, 0.29) is 18.3 Å². The number of nitrogens with zero attached hydrogens (tertiary/aromatic N) is 1. The van der Waals surface area contributed by atoms with Gasteiger partial charge in [0.2, 0.25) is 0 Å². The average molecular weight is 242 g/mol. The van der Waals surface area contributed by atoms with Gasteiger partial charge in [-0.2, -0.15) is 4.98 Å². The number of rotatable bonds is 5. The maximum absolute atomic E-state index is 11.3. The number of ether oxygens (including phenoxy) is 1. The van der Waals surface area contributed by atoms with Crippen molar-refractivity contribution in [3.63, 3.8) is 0 Å². The second-order valence-electron chi connectivity index (χ2n) is 3.81. The first-order chi connectivity index (χ1) is 7.86. The van der Waals surface area contributed by atoms with E-state index in [0.717, 1.165) is 6.26 Å². The molecule has 0 aliphatic heterocycles. The second-order valence-corrected chi connectivity index (χ2v) is 3.81. The van der Waals surface area contributed by atoms with Gasteiger partial charge in [-0.3, -0.25) is 0 Å². The third-order valence-electron chi connectivity index (χ3n) is 1.94. The van der Waals surface area contributed by atoms with Crippen LogP contribution in [-0.4, -0.2) is 34.2 Å². The number of carbonyl (C=O) groups is 2. The predicted octanol–water partition coefficient (Wildman–Crippen LogP) is 1.13. The number of carboxylic acid groups (broad SMARTS) is 1. The van der Waals surface area contributed by atoms with Gasteiger partial charge in [-0.25, -0.2) is 9.59 Å². The highest BCUT2D eigenvalue weighted by molar-refractivity contribution is 5.87. The van der Waals surface area contributed by atoms with Crippen LogP contribution in [0.5, 0.6) is 0 Å². The summed E-state index contributed by atoms with van der Waals surface area (Å²) in [5.41, 5.74) is -1.24. The molecule has 0 amide bonds. The fourth-order valence-electron chi connectivity index (χ4n) is 0.951. The smallest absolute Gasteiger partial charge is 0.360 e. The van der Waals surface area contributed by atoms with Crippen molar-refractivity contribution in [3.05, 3.63) is 12.0 Å². The minimum absolute atomic E-state index is 0.00413. The van der Waals surface area contributed by atoms with E-state index in [4.69, 9.17) is 14.3 Å². The van der Waals surface area contributed by atoms with E-state index in [0.29, 0.717) is 0 Å². The van der Waals surface area contributed by atoms with Crippen LogP contribution in [0.3, 0.4) is 0 Å². The van der Waals surface area contributed by atoms with E-state index in [9.17, 15) is 9.59 Å². The minimum atomic E-state index is -1.24. The van der Waals surface area contributed by atoms with Crippen LogP contribution >= 0.6 is 0 Å². The summed E-state index contributed by atoms with van der Waals surface area (Å²) in [4.78, 5) is 25.9. The van der Waals surface area contributed by atoms with E-state index in [1.54, 1.807) is 6.92 Å². The summed E-state index contributed by atoms with van der Waals surface area (Å²) in [5, 5.41) is 11.4. The Kier molecular flexibility index (Phi) is 3.72. The summed E-state index contributed by atoms with van der Waals surface area (Å²) >= 11 is 0. The Morgan fingerprint density at radius 3 is 2.76 bits per heavy atom. The predicted molar refractivity (Wildman–Crippen MR) is 57.8 cm³/mol. The standard InChI is InChI=1S/C10H14N2O5/c1-4-16-7(13)6-5-17-9(11-6)12-10(2,3)8(14)15/h5H,4H2,1-3H3,(H,11,12)(H,14,15). The summed E-state index contributed by atoms with van der Waals surface area (Å²) < 4.78 is 9.65. The number of aromatic nitrogens is 1. The number of carbonyl (C=O) groups excluding carboxylic acids is 1. The Labute approximate surface area is 97.8 Å². The van der Waals surface area contributed by atoms with Crippen molar-refractivity contribution in [2.24, 2.45) is 0 Å². The highest BCUT2D eigenvalue weighted by Gasteiger charge is 2.29. The van der Waals surface area contributed by atoms with Crippen molar-refractivity contribution in [1.82, 2.24) is 4.98 Å². The Bertz CT molecular complexity index is 424. The summed E-state index contributed by atoms with van der Waals surface area (Å²) in [6, 6.07) is -0.0412. The first-order valence-corrected chi connectivity index (χ1v) is 5.01. The van der Waals surface area contributed by atoms with Gasteiger partial charge in [-0.05, 0) is 20.8 Å². The van der Waals surface area contributed by atoms with E-state index in [1.165, 1.54) is 13.8 Å². The maximum atomic E-state index is 11.3. The molecule has 0 saturated carbocycles. The molecular formula is C10H14N2O5. The zero-order valence-corrected chi connectivity index (χ0v) is 9.81. The van der Waals surface area contributed by atoms with Gasteiger partial charge in [0.25, 0.3) is 6.01 Å². The Morgan fingerprint density at radius 1 is 1.59 bits per heavy atom. The largest absolute Gasteiger partial charge is 0.480 e. The molecule has 0 aliphatic rings. The molecule has 1 aromatic heterocycles. The SMILES string of the molecule is CCOC(=O)c1coc(NC(C)(C)C(=O)O)n1. The Morgan fingerprint density at radius 2 is 2.24 bits per heavy atom. The van der Waals surface area contributed by atoms with Gasteiger partial charge in [0.1, 0.15) is 11.8 Å². The number of aliphatic carboxylic acids is 1. The van der Waals surface area contributed by atoms with Crippen LogP contribution in [0, 0.1) is 0 Å². The summed E-state index contributed by atoms with van der Waals surface area (Å²) in [6.07, 6.45) is 1.11. The normalized spacial score (nSPS) is 11.0. The van der Waals surface area contributed by atoms with Crippen LogP contribution < -0.4 is 5.32 Å². The monoisotopic (exact) mass is 242 g/mol. The lowest BCUT2D eigenvalue weighted by atomic mass is 10.1. The number of esters is 1. The van der Waals surface area contributed by atoms with Crippen LogP contribution in [-0.2, 0) is 9.53 Å². The summed E-state index contributed by atoms with van der Waals surface area (Å²) in [5.74, 6) is -1.68. The highest BCUT2D eigenvalue weighted by Crippen LogP contribution is 2.15. The van der Waals surface area contributed by atoms with Crippen molar-refractivity contribution in [1.29, 1.82) is 0 Å². The fourth-order valence-corrected chi connectivity index (χ4v) is 0.951. The van der Waals surface area contributed by atoms with Crippen LogP contribution in [0.25, 0.3) is 0 Å². The Hall–Kier alpha value is -2.05. The number of hydrogen-bond donors (Lipinski definition) is 2. The molecule has 1 rings (SSSR count). The first kappa shape index (κ1) is 13.0. The molecular weight excluding hydrogens is 228 g/mol. The molecule has 1 aromatic rings. The van der Waals surface area contributed by atoms with Gasteiger partial charge in [-0.1, -0.05) is 0 Å². The van der Waals surface area contributed by atoms with Crippen molar-refractivity contribution in [3.8, 4) is 0 Å². The molecule has 0 bridgehead atoms. The van der Waals surface area contributed by atoms with Gasteiger partial charge >= 0.3 is 11.9 Å². The van der Waals surface area contributed by atoms with Crippen molar-refractivity contribution < 1.29 is 23.8 Å². The summed E-state index contributed by atoms with van der Waals surface area (Å²) in [7, 11) is 0. The van der Waals surface area contributed by atoms with Gasteiger partial charge in [0.15, 0.2) is 5.69 Å². The van der Waals surface area contributed by atoms with E-state index in [2.05, 4.69) is 10.3 Å². The van der Waals surface area contributed by atoms with Gasteiger partial charge in [-0.15, -0.1) is 0 Å². The number of oxazole rings is 1. The summed E-state index contributed by atoms with van der Waals surface area (Å²) in [6.45, 7) is 4.80. The first-order valence-electron chi connectivity index (χ1n) is 5.01. The van der Waals surface area contributed by atoms with Crippen molar-refractivity contribution >= 4 is 18.0 Å². The number of carboxylic acids is 1. The Balaban J connectivity index is 2.75. The van der Waals surface area contributed by atoms with E-state index in [1.807, 2.05) is 0 Å². The van der Waals surface area contributed by atoms with Crippen molar-refractivity contribution in [2.75, 3.05) is 11.9 Å². The van der Waals surface area contributed by atoms with Crippen LogP contribution in [0.1, 0.15) is 31.3 Å². The van der Waals surface area contributed by atoms with Crippen molar-refractivity contribution in [2.45, 2.75) is 26.3 Å². The molecule has 7 heteroatoms. The van der Waals surface area contributed by atoms with Crippen LogP contribution in [0.4, 0.5) is 6.01 Å². The fraction of sp³-hybridized carbons (Fsp3) is 0.500. The average Bonchev–Trinajstić information content (AvgIpc) is 2.65. The van der Waals surface area contributed by atoms with E-state index < -0.39 is 17.5 Å². The molecule has 2 N–H and O–H groups in total. The topological polar surface area (TPSA) is 102 Å². The lowest BCUT2D eigenvalue weighted by Crippen LogP contribution is -2.40. The molecule has 0 atom stereocenters. The van der Waals surface area contributed by atoms with Crippen LogP contribution in [0.15, 0.2) is 10.7 Å². The molecule has 1 heterocycles. The number of nitrogens with one attached hydrogen (secondary N) is 1. The lowest BCUT2D eigenvalue weighted by Gasteiger charge is -2.18. The van der Waals surface area contributed by atoms with Gasteiger partial charge < -0.3 is 19.6 Å². The molecule has 94 valence electrons. The quantitative estimate of drug-likeness (QED) is 0.746. The molecule has 7 nitrogen and oxygen atoms in total. The zero-order valence-electron chi connectivity index (χ0n) is 9.81. The molecule has 17 heavy (non-hydrogen) atoms. The number of anilines is 1. The zero-order chi connectivity index (χ0) is 13.1. The maximum Gasteiger partial charge on any atom is 0.360 e. The van der Waals surface area contributed by atoms with Gasteiger partial charge in [0.05, 0.1) is 6.61 Å². The second kappa shape index (κ2) is 4.86.